The Morgan fingerprint density at radius 3 is 2.29 bits per heavy atom. The van der Waals surface area contributed by atoms with E-state index in [1.807, 2.05) is 53.8 Å². The quantitative estimate of drug-likeness (QED) is 0.106. The van der Waals surface area contributed by atoms with E-state index in [1.54, 1.807) is 11.0 Å². The zero-order valence-corrected chi connectivity index (χ0v) is 35.0. The Hall–Kier alpha value is -3.46. The number of aryl methyl sites for hydroxylation is 1. The van der Waals surface area contributed by atoms with Gasteiger partial charge in [-0.1, -0.05) is 76.8 Å². The fourth-order valence-corrected chi connectivity index (χ4v) is 5.44. The molecule has 2 heterocycles. The van der Waals surface area contributed by atoms with Crippen LogP contribution in [0.1, 0.15) is 139 Å². The average Bonchev–Trinajstić information content (AvgIpc) is 3.09. The number of halogens is 1. The van der Waals surface area contributed by atoms with Gasteiger partial charge >= 0.3 is 6.09 Å². The fourth-order valence-electron chi connectivity index (χ4n) is 5.44. The normalized spacial score (nSPS) is 15.8. The molecule has 2 N–H and O–H groups in total. The van der Waals surface area contributed by atoms with Gasteiger partial charge in [0.05, 0.1) is 18.3 Å². The van der Waals surface area contributed by atoms with Crippen molar-refractivity contribution in [3.05, 3.63) is 70.5 Å². The maximum atomic E-state index is 14.3. The predicted octanol–water partition coefficient (Wildman–Crippen LogP) is 10.6. The van der Waals surface area contributed by atoms with Gasteiger partial charge in [0.1, 0.15) is 11.4 Å². The summed E-state index contributed by atoms with van der Waals surface area (Å²) in [4.78, 5) is 32.2. The molecule has 1 aliphatic heterocycles. The first-order valence-corrected chi connectivity index (χ1v) is 19.5. The third-order valence-electron chi connectivity index (χ3n) is 8.48. The minimum atomic E-state index is -0.542. The van der Waals surface area contributed by atoms with E-state index < -0.39 is 5.60 Å². The second-order valence-electron chi connectivity index (χ2n) is 14.6. The smallest absolute Gasteiger partial charge is 0.410 e. The number of unbranched alkanes of at least 4 members (excludes halogenated alkanes) is 3. The summed E-state index contributed by atoms with van der Waals surface area (Å²) in [6, 6.07) is 1.79. The third kappa shape index (κ3) is 20.0. The molecule has 1 aromatic rings. The van der Waals surface area contributed by atoms with Crippen LogP contribution in [0.25, 0.3) is 0 Å². The first kappa shape index (κ1) is 48.5. The molecule has 0 saturated carbocycles. The number of rotatable bonds is 15. The van der Waals surface area contributed by atoms with Gasteiger partial charge in [-0.25, -0.2) is 9.18 Å². The van der Waals surface area contributed by atoms with Gasteiger partial charge in [0.15, 0.2) is 0 Å². The Morgan fingerprint density at radius 2 is 1.73 bits per heavy atom. The van der Waals surface area contributed by atoms with E-state index in [1.165, 1.54) is 36.2 Å². The van der Waals surface area contributed by atoms with Gasteiger partial charge in [-0.2, -0.15) is 0 Å². The number of hydrogen-bond donors (Lipinski definition) is 2. The number of nitrogens with zero attached hydrogens (tertiary/aromatic N) is 3. The number of aliphatic hydroxyl groups is 1. The summed E-state index contributed by atoms with van der Waals surface area (Å²) < 4.78 is 19.8. The SMILES string of the molecule is CC.CCC(C)CCc1c(N2CCN(C(=O)OC(C)(C)C)[C@H](CO)C2)ccnc1C.CCC\C=C(C)/C=C(F)\C(=C/CCCC=C(C)C)NC(C)=O. The maximum Gasteiger partial charge on any atom is 0.410 e. The minimum Gasteiger partial charge on any atom is -0.444 e. The predicted molar refractivity (Wildman–Crippen MR) is 217 cm³/mol. The summed E-state index contributed by atoms with van der Waals surface area (Å²) >= 11 is 0. The standard InChI is InChI=1S/C22H37N3O3.C19H30FNO.C2H6/c1-7-16(2)8-9-19-17(3)23-11-10-20(19)24-12-13-25(18(14-24)15-26)21(27)28-22(4,5)6;1-6-7-12-16(4)14-18(20)19(21-17(5)22)13-10-8-9-11-15(2)3;1-2/h10-11,16,18,26H,7-9,12-15H2,1-6H3;11-14H,6-10H2,1-5H3,(H,21,22);1-2H3/b;16-12-,18-14+,19-13+;/t16?,18-;;/m0../s1. The van der Waals surface area contributed by atoms with E-state index in [9.17, 15) is 19.1 Å². The molecule has 1 saturated heterocycles. The minimum absolute atomic E-state index is 0.0813. The second-order valence-corrected chi connectivity index (χ2v) is 14.6. The largest absolute Gasteiger partial charge is 0.444 e. The van der Waals surface area contributed by atoms with Crippen LogP contribution in [0.2, 0.25) is 0 Å². The lowest BCUT2D eigenvalue weighted by atomic mass is 9.96. The molecule has 1 fully saturated rings. The van der Waals surface area contributed by atoms with Gasteiger partial charge in [-0.3, -0.25) is 14.7 Å². The zero-order chi connectivity index (χ0) is 39.9. The lowest BCUT2D eigenvalue weighted by Gasteiger charge is -2.42. The molecule has 1 aliphatic rings. The maximum absolute atomic E-state index is 14.3. The van der Waals surface area contributed by atoms with E-state index in [-0.39, 0.29) is 36.2 Å². The molecule has 9 heteroatoms. The van der Waals surface area contributed by atoms with Gasteiger partial charge in [0.25, 0.3) is 0 Å². The number of allylic oxidation sites excluding steroid dienone is 7. The highest BCUT2D eigenvalue weighted by Gasteiger charge is 2.33. The number of amides is 2. The average molecular weight is 729 g/mol. The number of hydrogen-bond acceptors (Lipinski definition) is 6. The number of aromatic nitrogens is 1. The molecule has 0 bridgehead atoms. The van der Waals surface area contributed by atoms with Crippen LogP contribution in [0, 0.1) is 12.8 Å². The van der Waals surface area contributed by atoms with Crippen molar-refractivity contribution in [3.63, 3.8) is 0 Å². The molecular formula is C43H73FN4O4. The van der Waals surface area contributed by atoms with Crippen LogP contribution in [-0.2, 0) is 16.0 Å². The Labute approximate surface area is 316 Å². The topological polar surface area (TPSA) is 95.0 Å². The Balaban J connectivity index is 0.000000983. The van der Waals surface area contributed by atoms with E-state index in [0.29, 0.717) is 19.0 Å². The number of ether oxygens (including phenoxy) is 1. The van der Waals surface area contributed by atoms with Crippen molar-refractivity contribution in [2.75, 3.05) is 31.1 Å². The first-order valence-electron chi connectivity index (χ1n) is 19.5. The first-order chi connectivity index (χ1) is 24.5. The molecule has 0 spiro atoms. The summed E-state index contributed by atoms with van der Waals surface area (Å²) in [5.41, 5.74) is 5.42. The van der Waals surface area contributed by atoms with Crippen LogP contribution in [0.4, 0.5) is 14.9 Å². The zero-order valence-electron chi connectivity index (χ0n) is 35.0. The molecule has 2 amide bonds. The highest BCUT2D eigenvalue weighted by atomic mass is 19.1. The van der Waals surface area contributed by atoms with Crippen LogP contribution >= 0.6 is 0 Å². The lowest BCUT2D eigenvalue weighted by Crippen LogP contribution is -2.57. The van der Waals surface area contributed by atoms with E-state index >= 15 is 0 Å². The van der Waals surface area contributed by atoms with Crippen LogP contribution in [0.5, 0.6) is 0 Å². The molecule has 2 rings (SSSR count). The molecule has 0 aliphatic carbocycles. The van der Waals surface area contributed by atoms with Crippen molar-refractivity contribution in [2.24, 2.45) is 5.92 Å². The Morgan fingerprint density at radius 1 is 1.08 bits per heavy atom. The van der Waals surface area contributed by atoms with Gasteiger partial charge in [0.2, 0.25) is 5.91 Å². The monoisotopic (exact) mass is 729 g/mol. The Bertz CT molecular complexity index is 1320. The molecule has 8 nitrogen and oxygen atoms in total. The fraction of sp³-hybridized carbons (Fsp3) is 0.651. The van der Waals surface area contributed by atoms with Crippen molar-refractivity contribution in [2.45, 2.75) is 153 Å². The number of nitrogens with one attached hydrogen (secondary N) is 1. The van der Waals surface area contributed by atoms with Crippen LogP contribution in [0.3, 0.4) is 0 Å². The number of piperazine rings is 1. The van der Waals surface area contributed by atoms with E-state index in [0.717, 1.165) is 62.8 Å². The molecule has 1 unspecified atom stereocenters. The summed E-state index contributed by atoms with van der Waals surface area (Å²) in [5.74, 6) is 0.0400. The van der Waals surface area contributed by atoms with Crippen LogP contribution in [0.15, 0.2) is 59.2 Å². The van der Waals surface area contributed by atoms with Crippen molar-refractivity contribution in [1.29, 1.82) is 0 Å². The van der Waals surface area contributed by atoms with Crippen molar-refractivity contribution < 1.29 is 23.8 Å². The molecule has 2 atom stereocenters. The summed E-state index contributed by atoms with van der Waals surface area (Å²) in [7, 11) is 0. The summed E-state index contributed by atoms with van der Waals surface area (Å²) in [6.07, 6.45) is 16.8. The van der Waals surface area contributed by atoms with Crippen LogP contribution < -0.4 is 10.2 Å². The number of carbonyl (C=O) groups excluding carboxylic acids is 2. The highest BCUT2D eigenvalue weighted by Crippen LogP contribution is 2.28. The molecular weight excluding hydrogens is 655 g/mol. The summed E-state index contributed by atoms with van der Waals surface area (Å²) in [5, 5.41) is 12.5. The molecule has 1 aromatic heterocycles. The van der Waals surface area contributed by atoms with Crippen molar-refractivity contribution in [3.8, 4) is 0 Å². The van der Waals surface area contributed by atoms with Gasteiger partial charge < -0.3 is 20.1 Å². The number of pyridine rings is 1. The molecule has 0 radical (unpaired) electrons. The van der Waals surface area contributed by atoms with Gasteiger partial charge in [-0.05, 0) is 111 Å². The van der Waals surface area contributed by atoms with Crippen molar-refractivity contribution in [1.82, 2.24) is 15.2 Å². The van der Waals surface area contributed by atoms with Gasteiger partial charge in [-0.15, -0.1) is 0 Å². The van der Waals surface area contributed by atoms with Crippen molar-refractivity contribution >= 4 is 17.7 Å². The number of aliphatic hydroxyl groups excluding tert-OH is 1. The summed E-state index contributed by atoms with van der Waals surface area (Å²) in [6.45, 7) is 27.4. The van der Waals surface area contributed by atoms with Crippen LogP contribution in [-0.4, -0.2) is 64.9 Å². The number of anilines is 1. The molecule has 52 heavy (non-hydrogen) atoms. The van der Waals surface area contributed by atoms with E-state index in [2.05, 4.69) is 68.9 Å². The second kappa shape index (κ2) is 26.3. The molecule has 0 aromatic carbocycles. The number of carbonyl (C=O) groups is 2. The van der Waals surface area contributed by atoms with E-state index in [4.69, 9.17) is 4.74 Å². The Kier molecular flexibility index (Phi) is 24.6. The third-order valence-corrected chi connectivity index (χ3v) is 8.48. The molecule has 296 valence electrons. The highest BCUT2D eigenvalue weighted by molar-refractivity contribution is 5.75. The van der Waals surface area contributed by atoms with Gasteiger partial charge in [0, 0.05) is 44.1 Å². The lowest BCUT2D eigenvalue weighted by molar-refractivity contribution is -0.118.